The number of rotatable bonds is 4. The van der Waals surface area contributed by atoms with Crippen molar-refractivity contribution in [3.63, 3.8) is 0 Å². The number of hydrogen-bond acceptors (Lipinski definition) is 6. The number of halogens is 2. The highest BCUT2D eigenvalue weighted by Crippen LogP contribution is 2.16. The van der Waals surface area contributed by atoms with E-state index in [1.165, 1.54) is 34.9 Å². The molecular formula is C36H55BrFN5O6. The maximum atomic E-state index is 13.1. The summed E-state index contributed by atoms with van der Waals surface area (Å²) in [4.78, 5) is 66.1. The van der Waals surface area contributed by atoms with Gasteiger partial charge in [0.1, 0.15) is 23.2 Å². The van der Waals surface area contributed by atoms with Gasteiger partial charge in [0.15, 0.2) is 0 Å². The van der Waals surface area contributed by atoms with Gasteiger partial charge in [-0.2, -0.15) is 0 Å². The summed E-state index contributed by atoms with van der Waals surface area (Å²) in [6, 6.07) is 2.02. The van der Waals surface area contributed by atoms with Gasteiger partial charge in [0.05, 0.1) is 13.1 Å². The number of allylic oxidation sites excluding steroid dienone is 6. The van der Waals surface area contributed by atoms with Crippen molar-refractivity contribution in [1.82, 2.24) is 19.7 Å². The first-order valence-electron chi connectivity index (χ1n) is 16.2. The number of likely N-dealkylation sites (N-methyl/N-ethyl adjacent to an activating group) is 2. The molecule has 0 aromatic carbocycles. The monoisotopic (exact) mass is 751 g/mol. The molecule has 274 valence electrons. The van der Waals surface area contributed by atoms with E-state index in [-0.39, 0.29) is 31.1 Å². The van der Waals surface area contributed by atoms with Crippen LogP contribution in [0.1, 0.15) is 80.2 Å². The van der Waals surface area contributed by atoms with Crippen LogP contribution in [0.3, 0.4) is 0 Å². The van der Waals surface area contributed by atoms with E-state index in [1.54, 1.807) is 45.7 Å². The molecule has 49 heavy (non-hydrogen) atoms. The van der Waals surface area contributed by atoms with Crippen LogP contribution in [0.2, 0.25) is 0 Å². The van der Waals surface area contributed by atoms with Crippen LogP contribution in [0.4, 0.5) is 14.9 Å². The van der Waals surface area contributed by atoms with Crippen LogP contribution in [0.15, 0.2) is 70.4 Å². The molecule has 1 unspecified atom stereocenters. The van der Waals surface area contributed by atoms with Crippen molar-refractivity contribution in [2.24, 2.45) is 5.92 Å². The van der Waals surface area contributed by atoms with Gasteiger partial charge >= 0.3 is 6.09 Å². The summed E-state index contributed by atoms with van der Waals surface area (Å²) in [5, 5.41) is 5.01. The second kappa shape index (κ2) is 22.6. The molecule has 0 radical (unpaired) electrons. The minimum Gasteiger partial charge on any atom is -0.444 e. The van der Waals surface area contributed by atoms with E-state index in [2.05, 4.69) is 60.5 Å². The summed E-state index contributed by atoms with van der Waals surface area (Å²) in [6.45, 7) is 20.2. The third-order valence-corrected chi connectivity index (χ3v) is 6.95. The van der Waals surface area contributed by atoms with E-state index in [4.69, 9.17) is 4.74 Å². The Balaban J connectivity index is 0.00000149. The predicted molar refractivity (Wildman–Crippen MR) is 198 cm³/mol. The number of carbonyl (C=O) groups excluding carboxylic acids is 4. The van der Waals surface area contributed by atoms with Gasteiger partial charge < -0.3 is 24.4 Å². The van der Waals surface area contributed by atoms with Gasteiger partial charge in [0.25, 0.3) is 5.56 Å². The molecule has 2 heterocycles. The topological polar surface area (TPSA) is 130 Å². The summed E-state index contributed by atoms with van der Waals surface area (Å²) in [6.07, 6.45) is 8.35. The first kappa shape index (κ1) is 45.0. The molecule has 2 rings (SSSR count). The maximum absolute atomic E-state index is 13.1. The molecule has 1 aliphatic heterocycles. The summed E-state index contributed by atoms with van der Waals surface area (Å²) in [7, 11) is 3.20. The Morgan fingerprint density at radius 2 is 1.69 bits per heavy atom. The lowest BCUT2D eigenvalue weighted by Gasteiger charge is -2.23. The van der Waals surface area contributed by atoms with Crippen LogP contribution in [0.25, 0.3) is 0 Å². The van der Waals surface area contributed by atoms with Crippen molar-refractivity contribution in [2.75, 3.05) is 39.0 Å². The molecular weight excluding hydrogens is 697 g/mol. The zero-order valence-corrected chi connectivity index (χ0v) is 32.1. The van der Waals surface area contributed by atoms with Crippen molar-refractivity contribution in [2.45, 2.75) is 85.8 Å². The van der Waals surface area contributed by atoms with Crippen molar-refractivity contribution in [1.29, 1.82) is 0 Å². The van der Waals surface area contributed by atoms with E-state index in [9.17, 15) is 28.4 Å². The molecule has 1 aromatic rings. The molecule has 4 amide bonds. The molecule has 0 fully saturated rings. The zero-order chi connectivity index (χ0) is 37.9. The highest BCUT2D eigenvalue weighted by Gasteiger charge is 2.24. The number of nitrogens with zero attached hydrogens (tertiary/aromatic N) is 3. The number of nitrogens with one attached hydrogen (secondary N) is 2. The Morgan fingerprint density at radius 1 is 1.08 bits per heavy atom. The van der Waals surface area contributed by atoms with Gasteiger partial charge in [0, 0.05) is 31.3 Å². The van der Waals surface area contributed by atoms with E-state index in [0.29, 0.717) is 11.0 Å². The van der Waals surface area contributed by atoms with E-state index in [0.717, 1.165) is 30.8 Å². The van der Waals surface area contributed by atoms with Crippen molar-refractivity contribution in [3.05, 3.63) is 76.0 Å². The smallest absolute Gasteiger partial charge is 0.412 e. The fraction of sp³-hybridized carbons (Fsp3) is 0.528. The normalized spacial score (nSPS) is 17.5. The third kappa shape index (κ3) is 20.2. The summed E-state index contributed by atoms with van der Waals surface area (Å²) >= 11 is 3.10. The van der Waals surface area contributed by atoms with Crippen LogP contribution >= 0.6 is 15.9 Å². The van der Waals surface area contributed by atoms with Crippen LogP contribution in [0.5, 0.6) is 0 Å². The van der Waals surface area contributed by atoms with Gasteiger partial charge in [0.2, 0.25) is 17.7 Å². The average molecular weight is 753 g/mol. The van der Waals surface area contributed by atoms with E-state index >= 15 is 0 Å². The molecule has 0 saturated heterocycles. The maximum Gasteiger partial charge on any atom is 0.412 e. The van der Waals surface area contributed by atoms with Crippen LogP contribution in [-0.4, -0.2) is 77.5 Å². The average Bonchev–Trinajstić information content (AvgIpc) is 2.96. The summed E-state index contributed by atoms with van der Waals surface area (Å²) in [5.41, 5.74) is -0.606. The minimum atomic E-state index is -0.951. The Labute approximate surface area is 299 Å². The quantitative estimate of drug-likeness (QED) is 0.255. The Bertz CT molecular complexity index is 1410. The van der Waals surface area contributed by atoms with Gasteiger partial charge in [-0.05, 0) is 83.1 Å². The van der Waals surface area contributed by atoms with Gasteiger partial charge in [-0.3, -0.25) is 24.5 Å². The molecule has 0 saturated carbocycles. The largest absolute Gasteiger partial charge is 0.444 e. The number of amides is 4. The van der Waals surface area contributed by atoms with E-state index in [1.807, 2.05) is 12.2 Å². The molecule has 13 heteroatoms. The molecule has 0 aliphatic carbocycles. The number of aromatic nitrogens is 1. The van der Waals surface area contributed by atoms with Crippen molar-refractivity contribution >= 4 is 45.4 Å². The molecule has 0 spiro atoms. The molecule has 1 atom stereocenters. The number of pyridine rings is 1. The van der Waals surface area contributed by atoms with Crippen molar-refractivity contribution in [3.8, 4) is 0 Å². The first-order chi connectivity index (χ1) is 22.7. The number of carbonyl (C=O) groups is 4. The Kier molecular flexibility index (Phi) is 20.8. The van der Waals surface area contributed by atoms with Crippen molar-refractivity contribution < 1.29 is 28.3 Å². The Hall–Kier alpha value is -4.00. The highest BCUT2D eigenvalue weighted by atomic mass is 79.9. The number of ether oxygens (including phenoxy) is 1. The lowest BCUT2D eigenvalue weighted by atomic mass is 10.1. The SMILES string of the molecule is C=C(F)/C=C(/C)C(=C)Br.CC(C)C.CN1CCCC/C=C/CC(n2cccc(NC(=O)OC(C)(C)C)c2=O)C(=O)NCC(=O)N(C)CC1=O. The fourth-order valence-electron chi connectivity index (χ4n) is 3.83. The van der Waals surface area contributed by atoms with Crippen LogP contribution < -0.4 is 16.2 Å². The summed E-state index contributed by atoms with van der Waals surface area (Å²) < 4.78 is 19.1. The third-order valence-electron chi connectivity index (χ3n) is 6.33. The van der Waals surface area contributed by atoms with Crippen LogP contribution in [-0.2, 0) is 19.1 Å². The zero-order valence-electron chi connectivity index (χ0n) is 30.5. The second-order valence-electron chi connectivity index (χ2n) is 13.2. The van der Waals surface area contributed by atoms with Gasteiger partial charge in [-0.1, -0.05) is 62.0 Å². The molecule has 11 nitrogen and oxygen atoms in total. The Morgan fingerprint density at radius 3 is 2.22 bits per heavy atom. The number of anilines is 1. The van der Waals surface area contributed by atoms with E-state index < -0.39 is 40.9 Å². The minimum absolute atomic E-state index is 0.0332. The number of hydrogen-bond donors (Lipinski definition) is 2. The first-order valence-corrected chi connectivity index (χ1v) is 16.9. The predicted octanol–water partition coefficient (Wildman–Crippen LogP) is 6.89. The van der Waals surface area contributed by atoms with Gasteiger partial charge in [-0.15, -0.1) is 0 Å². The van der Waals surface area contributed by atoms with Gasteiger partial charge in [-0.25, -0.2) is 9.18 Å². The molecule has 2 N–H and O–H groups in total. The fourth-order valence-corrected chi connectivity index (χ4v) is 3.94. The summed E-state index contributed by atoms with van der Waals surface area (Å²) in [5.74, 6) is -0.765. The highest BCUT2D eigenvalue weighted by molar-refractivity contribution is 9.11. The molecule has 0 bridgehead atoms. The molecule has 1 aromatic heterocycles. The molecule has 1 aliphatic rings. The lowest BCUT2D eigenvalue weighted by molar-refractivity contribution is -0.139. The second-order valence-corrected chi connectivity index (χ2v) is 14.1. The lowest BCUT2D eigenvalue weighted by Crippen LogP contribution is -2.45. The van der Waals surface area contributed by atoms with Crippen LogP contribution in [0, 0.1) is 5.92 Å². The standard InChI is InChI=1S/C25H37N5O6.C7H8BrF.C4H10/c1-25(2,3)36-24(35)27-18-12-11-15-30(23(18)34)19-13-9-7-6-8-10-14-28(4)21(32)17-29(5)20(31)16-26-22(19)33;1-5(7(3)8)4-6(2)9;1-4(2)3/h7,9,11-12,15,19H,6,8,10,13-14,16-17H2,1-5H3,(H,26,33)(H,27,35);4H,2-3H2,1H3;4H,1-3H3/b9-7+;5-4-;.